The van der Waals surface area contributed by atoms with Gasteiger partial charge in [-0.25, -0.2) is 9.59 Å². The van der Waals surface area contributed by atoms with Gasteiger partial charge in [-0.1, -0.05) is 0 Å². The summed E-state index contributed by atoms with van der Waals surface area (Å²) in [5.41, 5.74) is 0. The lowest BCUT2D eigenvalue weighted by atomic mass is 10.3. The Morgan fingerprint density at radius 3 is 2.81 bits per heavy atom. The van der Waals surface area contributed by atoms with Crippen molar-refractivity contribution < 1.29 is 24.3 Å². The van der Waals surface area contributed by atoms with E-state index in [0.717, 1.165) is 0 Å². The summed E-state index contributed by atoms with van der Waals surface area (Å²) in [5.74, 6) is 0. The number of nitrogens with zero attached hydrogens (tertiary/aromatic N) is 2. The van der Waals surface area contributed by atoms with Crippen LogP contribution in [0.1, 0.15) is 20.3 Å². The third-order valence-electron chi connectivity index (χ3n) is 2.26. The summed E-state index contributed by atoms with van der Waals surface area (Å²) < 4.78 is 9.33. The van der Waals surface area contributed by atoms with Gasteiger partial charge in [0.1, 0.15) is 0 Å². The second kappa shape index (κ2) is 5.55. The minimum atomic E-state index is -0.964. The lowest BCUT2D eigenvalue weighted by Gasteiger charge is -2.35. The number of rotatable bonds is 3. The zero-order valence-corrected chi connectivity index (χ0v) is 9.38. The van der Waals surface area contributed by atoms with Crippen molar-refractivity contribution in [2.24, 2.45) is 0 Å². The van der Waals surface area contributed by atoms with Crippen molar-refractivity contribution >= 4 is 12.2 Å². The first-order valence-corrected chi connectivity index (χ1v) is 5.20. The highest BCUT2D eigenvalue weighted by Crippen LogP contribution is 2.15. The van der Waals surface area contributed by atoms with Gasteiger partial charge in [-0.3, -0.25) is 5.21 Å². The van der Waals surface area contributed by atoms with Crippen LogP contribution in [0.25, 0.3) is 0 Å². The molecule has 0 bridgehead atoms. The van der Waals surface area contributed by atoms with Gasteiger partial charge in [0.2, 0.25) is 6.23 Å². The van der Waals surface area contributed by atoms with Crippen molar-refractivity contribution in [3.8, 4) is 0 Å². The van der Waals surface area contributed by atoms with E-state index in [1.807, 2.05) is 0 Å². The van der Waals surface area contributed by atoms with Crippen LogP contribution < -0.4 is 0 Å². The van der Waals surface area contributed by atoms with Crippen LogP contribution in [0, 0.1) is 0 Å². The van der Waals surface area contributed by atoms with Crippen molar-refractivity contribution in [2.75, 3.05) is 19.7 Å². The molecule has 1 aliphatic heterocycles. The minimum Gasteiger partial charge on any atom is -0.435 e. The molecule has 1 fully saturated rings. The Kier molecular flexibility index (Phi) is 4.36. The summed E-state index contributed by atoms with van der Waals surface area (Å²) in [5, 5.41) is 9.89. The molecule has 1 unspecified atom stereocenters. The lowest BCUT2D eigenvalue weighted by molar-refractivity contribution is -0.184. The molecule has 1 saturated heterocycles. The van der Waals surface area contributed by atoms with Gasteiger partial charge < -0.3 is 14.4 Å². The van der Waals surface area contributed by atoms with Crippen molar-refractivity contribution in [3.05, 3.63) is 0 Å². The maximum atomic E-state index is 11.5. The van der Waals surface area contributed by atoms with Crippen LogP contribution in [-0.2, 0) is 9.47 Å². The molecular formula is C9H16N2O5. The van der Waals surface area contributed by atoms with Crippen LogP contribution in [0.5, 0.6) is 0 Å². The molecule has 0 aromatic rings. The number of hydroxylamine groups is 2. The van der Waals surface area contributed by atoms with E-state index in [0.29, 0.717) is 24.6 Å². The number of amides is 2. The van der Waals surface area contributed by atoms with Gasteiger partial charge in [0, 0.05) is 19.5 Å². The van der Waals surface area contributed by atoms with Gasteiger partial charge in [-0.15, -0.1) is 0 Å². The Morgan fingerprint density at radius 2 is 2.25 bits per heavy atom. The topological polar surface area (TPSA) is 79.3 Å². The highest BCUT2D eigenvalue weighted by Gasteiger charge is 2.34. The summed E-state index contributed by atoms with van der Waals surface area (Å²) in [6.45, 7) is 4.57. The molecule has 1 atom stereocenters. The highest BCUT2D eigenvalue weighted by molar-refractivity contribution is 5.74. The predicted molar refractivity (Wildman–Crippen MR) is 52.8 cm³/mol. The summed E-state index contributed by atoms with van der Waals surface area (Å²) in [6, 6.07) is -0.567. The molecule has 7 nitrogen and oxygen atoms in total. The van der Waals surface area contributed by atoms with E-state index < -0.39 is 18.4 Å². The van der Waals surface area contributed by atoms with Crippen molar-refractivity contribution in [1.29, 1.82) is 0 Å². The molecule has 92 valence electrons. The molecule has 16 heavy (non-hydrogen) atoms. The molecule has 1 N–H and O–H groups in total. The molecule has 1 aliphatic rings. The Labute approximate surface area is 93.5 Å². The second-order valence-electron chi connectivity index (χ2n) is 3.25. The molecule has 7 heteroatoms. The molecule has 1 heterocycles. The monoisotopic (exact) mass is 232 g/mol. The second-order valence-corrected chi connectivity index (χ2v) is 3.25. The van der Waals surface area contributed by atoms with Gasteiger partial charge in [0.15, 0.2) is 0 Å². The Morgan fingerprint density at radius 1 is 1.56 bits per heavy atom. The summed E-state index contributed by atoms with van der Waals surface area (Å²) in [7, 11) is 0. The summed E-state index contributed by atoms with van der Waals surface area (Å²) in [6.07, 6.45) is -1.49. The fraction of sp³-hybridized carbons (Fsp3) is 0.778. The third-order valence-corrected chi connectivity index (χ3v) is 2.26. The molecule has 1 rings (SSSR count). The first kappa shape index (κ1) is 12.6. The lowest BCUT2D eigenvalue weighted by Crippen LogP contribution is -2.54. The van der Waals surface area contributed by atoms with E-state index in [1.165, 1.54) is 4.90 Å². The average Bonchev–Trinajstić information content (AvgIpc) is 2.25. The normalized spacial score (nSPS) is 20.9. The molecule has 2 amide bonds. The maximum absolute atomic E-state index is 11.5. The van der Waals surface area contributed by atoms with Gasteiger partial charge in [0.25, 0.3) is 0 Å². The van der Waals surface area contributed by atoms with E-state index in [9.17, 15) is 14.8 Å². The van der Waals surface area contributed by atoms with Crippen LogP contribution >= 0.6 is 0 Å². The van der Waals surface area contributed by atoms with Crippen molar-refractivity contribution in [3.63, 3.8) is 0 Å². The van der Waals surface area contributed by atoms with E-state index in [4.69, 9.17) is 4.74 Å². The summed E-state index contributed by atoms with van der Waals surface area (Å²) in [4.78, 5) is 23.9. The molecule has 0 aromatic heterocycles. The van der Waals surface area contributed by atoms with Gasteiger partial charge in [-0.2, -0.15) is 5.06 Å². The van der Waals surface area contributed by atoms with Gasteiger partial charge >= 0.3 is 12.2 Å². The molecule has 0 aromatic carbocycles. The standard InChI is InChI=1S/C9H16N2O5/c1-3-10-6-5-7(11(14)8(10)12)16-9(13)15-4-2/h7,14H,3-6H2,1-2H3. The first-order chi connectivity index (χ1) is 7.60. The molecule has 0 radical (unpaired) electrons. The van der Waals surface area contributed by atoms with Gasteiger partial charge in [-0.05, 0) is 13.8 Å². The third kappa shape index (κ3) is 2.75. The maximum Gasteiger partial charge on any atom is 0.510 e. The van der Waals surface area contributed by atoms with Crippen LogP contribution in [0.15, 0.2) is 0 Å². The smallest absolute Gasteiger partial charge is 0.435 e. The fourth-order valence-electron chi connectivity index (χ4n) is 1.42. The number of hydrogen-bond donors (Lipinski definition) is 1. The van der Waals surface area contributed by atoms with E-state index in [-0.39, 0.29) is 6.61 Å². The van der Waals surface area contributed by atoms with Crippen LogP contribution in [0.4, 0.5) is 9.59 Å². The fourth-order valence-corrected chi connectivity index (χ4v) is 1.42. The molecular weight excluding hydrogens is 216 g/mol. The largest absolute Gasteiger partial charge is 0.510 e. The quantitative estimate of drug-likeness (QED) is 0.580. The average molecular weight is 232 g/mol. The zero-order valence-electron chi connectivity index (χ0n) is 9.38. The number of hydrogen-bond acceptors (Lipinski definition) is 5. The van der Waals surface area contributed by atoms with Crippen molar-refractivity contribution in [2.45, 2.75) is 26.5 Å². The van der Waals surface area contributed by atoms with Crippen LogP contribution in [-0.4, -0.2) is 53.3 Å². The Balaban J connectivity index is 2.51. The van der Waals surface area contributed by atoms with Crippen LogP contribution in [0.3, 0.4) is 0 Å². The zero-order chi connectivity index (χ0) is 12.1. The molecule has 0 aliphatic carbocycles. The summed E-state index contributed by atoms with van der Waals surface area (Å²) >= 11 is 0. The van der Waals surface area contributed by atoms with Gasteiger partial charge in [0.05, 0.1) is 6.61 Å². The molecule has 0 spiro atoms. The first-order valence-electron chi connectivity index (χ1n) is 5.20. The number of carbonyl (C=O) groups is 2. The number of carbonyl (C=O) groups excluding carboxylic acids is 2. The SMILES string of the molecule is CCOC(=O)OC1CCN(CC)C(=O)N1O. The Hall–Kier alpha value is -1.50. The number of ether oxygens (including phenoxy) is 2. The number of urea groups is 1. The van der Waals surface area contributed by atoms with Crippen LogP contribution in [0.2, 0.25) is 0 Å². The van der Waals surface area contributed by atoms with Crippen molar-refractivity contribution in [1.82, 2.24) is 9.96 Å². The van der Waals surface area contributed by atoms with E-state index in [1.54, 1.807) is 13.8 Å². The van der Waals surface area contributed by atoms with E-state index >= 15 is 0 Å². The predicted octanol–water partition coefficient (Wildman–Crippen LogP) is 1.02. The van der Waals surface area contributed by atoms with E-state index in [2.05, 4.69) is 4.74 Å². The molecule has 0 saturated carbocycles. The Bertz CT molecular complexity index is 271. The minimum absolute atomic E-state index is 0.187. The highest BCUT2D eigenvalue weighted by atomic mass is 16.7.